The van der Waals surface area contributed by atoms with Crippen molar-refractivity contribution < 1.29 is 19.0 Å². The van der Waals surface area contributed by atoms with Gasteiger partial charge < -0.3 is 19.5 Å². The van der Waals surface area contributed by atoms with Gasteiger partial charge in [-0.05, 0) is 44.1 Å². The lowest BCUT2D eigenvalue weighted by atomic mass is 10.0. The number of nitrogens with one attached hydrogen (secondary N) is 1. The van der Waals surface area contributed by atoms with Crippen molar-refractivity contribution in [1.82, 2.24) is 10.2 Å². The quantitative estimate of drug-likeness (QED) is 0.703. The molecule has 1 saturated heterocycles. The molecule has 1 fully saturated rings. The van der Waals surface area contributed by atoms with Gasteiger partial charge in [0.2, 0.25) is 0 Å². The fourth-order valence-electron chi connectivity index (χ4n) is 3.77. The summed E-state index contributed by atoms with van der Waals surface area (Å²) in [7, 11) is 4.70. The standard InChI is InChI=1S/C22H27ClN2O4/c1-27-19-9-5-4-8-16(19)18(25-10-6-7-11-25)14-24-22(26)15-12-17(23)21(29-3)20(13-15)28-2/h4-5,8-9,12-13,18H,6-7,10-11,14H2,1-3H3,(H,24,26)/t18-/m0/s1. The average Bonchev–Trinajstić information content (AvgIpc) is 3.28. The zero-order valence-corrected chi connectivity index (χ0v) is 17.8. The molecule has 0 aliphatic carbocycles. The first-order valence-electron chi connectivity index (χ1n) is 9.65. The second-order valence-corrected chi connectivity index (χ2v) is 7.31. The predicted octanol–water partition coefficient (Wildman–Crippen LogP) is 3.93. The fourth-order valence-corrected chi connectivity index (χ4v) is 4.06. The minimum Gasteiger partial charge on any atom is -0.496 e. The number of rotatable bonds is 8. The Hall–Kier alpha value is -2.44. The van der Waals surface area contributed by atoms with E-state index in [0.29, 0.717) is 28.6 Å². The third-order valence-corrected chi connectivity index (χ3v) is 5.51. The van der Waals surface area contributed by atoms with Gasteiger partial charge >= 0.3 is 0 Å². The summed E-state index contributed by atoms with van der Waals surface area (Å²) in [5.41, 5.74) is 1.50. The highest BCUT2D eigenvalue weighted by molar-refractivity contribution is 6.32. The molecule has 6 nitrogen and oxygen atoms in total. The molecular weight excluding hydrogens is 392 g/mol. The van der Waals surface area contributed by atoms with E-state index in [4.69, 9.17) is 25.8 Å². The molecule has 0 radical (unpaired) electrons. The van der Waals surface area contributed by atoms with Gasteiger partial charge in [-0.2, -0.15) is 0 Å². The molecule has 1 atom stereocenters. The monoisotopic (exact) mass is 418 g/mol. The van der Waals surface area contributed by atoms with Crippen LogP contribution in [0.15, 0.2) is 36.4 Å². The largest absolute Gasteiger partial charge is 0.496 e. The lowest BCUT2D eigenvalue weighted by Crippen LogP contribution is -2.37. The van der Waals surface area contributed by atoms with Crippen molar-refractivity contribution in [1.29, 1.82) is 0 Å². The molecule has 0 unspecified atom stereocenters. The molecule has 3 rings (SSSR count). The van der Waals surface area contributed by atoms with E-state index in [9.17, 15) is 4.79 Å². The molecule has 1 amide bonds. The maximum Gasteiger partial charge on any atom is 0.251 e. The number of hydrogen-bond acceptors (Lipinski definition) is 5. The summed E-state index contributed by atoms with van der Waals surface area (Å²) in [6.07, 6.45) is 2.32. The van der Waals surface area contributed by atoms with Crippen LogP contribution >= 0.6 is 11.6 Å². The van der Waals surface area contributed by atoms with Gasteiger partial charge in [-0.3, -0.25) is 9.69 Å². The first-order chi connectivity index (χ1) is 14.1. The van der Waals surface area contributed by atoms with E-state index in [1.807, 2.05) is 18.2 Å². The van der Waals surface area contributed by atoms with Crippen LogP contribution in [-0.2, 0) is 0 Å². The van der Waals surface area contributed by atoms with Crippen LogP contribution in [0.25, 0.3) is 0 Å². The number of ether oxygens (including phenoxy) is 3. The highest BCUT2D eigenvalue weighted by Crippen LogP contribution is 2.36. The van der Waals surface area contributed by atoms with E-state index in [2.05, 4.69) is 16.3 Å². The van der Waals surface area contributed by atoms with Crippen LogP contribution in [0.5, 0.6) is 17.2 Å². The minimum atomic E-state index is -0.216. The third kappa shape index (κ3) is 4.77. The highest BCUT2D eigenvalue weighted by Gasteiger charge is 2.26. The first-order valence-corrected chi connectivity index (χ1v) is 10.0. The minimum absolute atomic E-state index is 0.0354. The Kier molecular flexibility index (Phi) is 7.23. The van der Waals surface area contributed by atoms with E-state index in [0.717, 1.165) is 37.2 Å². The second-order valence-electron chi connectivity index (χ2n) is 6.90. The molecule has 2 aromatic carbocycles. The SMILES string of the molecule is COc1ccccc1[C@H](CNC(=O)c1cc(Cl)c(OC)c(OC)c1)N1CCCC1. The normalized spacial score (nSPS) is 15.0. The molecule has 156 valence electrons. The van der Waals surface area contributed by atoms with Crippen molar-refractivity contribution >= 4 is 17.5 Å². The summed E-state index contributed by atoms with van der Waals surface area (Å²) >= 11 is 6.25. The van der Waals surface area contributed by atoms with Crippen molar-refractivity contribution in [2.24, 2.45) is 0 Å². The van der Waals surface area contributed by atoms with Crippen LogP contribution in [0.2, 0.25) is 5.02 Å². The first kappa shape index (κ1) is 21.3. The zero-order chi connectivity index (χ0) is 20.8. The van der Waals surface area contributed by atoms with Crippen LogP contribution in [0, 0.1) is 0 Å². The Balaban J connectivity index is 1.81. The number of amides is 1. The number of methoxy groups -OCH3 is 3. The number of para-hydroxylation sites is 1. The van der Waals surface area contributed by atoms with Crippen molar-refractivity contribution in [3.63, 3.8) is 0 Å². The number of benzene rings is 2. The maximum atomic E-state index is 12.9. The van der Waals surface area contributed by atoms with Gasteiger partial charge in [0.25, 0.3) is 5.91 Å². The summed E-state index contributed by atoms with van der Waals surface area (Å²) in [6.45, 7) is 2.46. The summed E-state index contributed by atoms with van der Waals surface area (Å²) in [4.78, 5) is 15.2. The highest BCUT2D eigenvalue weighted by atomic mass is 35.5. The predicted molar refractivity (Wildman–Crippen MR) is 113 cm³/mol. The van der Waals surface area contributed by atoms with E-state index in [1.165, 1.54) is 14.2 Å². The van der Waals surface area contributed by atoms with Gasteiger partial charge in [-0.15, -0.1) is 0 Å². The summed E-state index contributed by atoms with van der Waals surface area (Å²) in [5, 5.41) is 3.38. The lowest BCUT2D eigenvalue weighted by molar-refractivity contribution is 0.0937. The Bertz CT molecular complexity index is 853. The Morgan fingerprint density at radius 2 is 1.76 bits per heavy atom. The summed E-state index contributed by atoms with van der Waals surface area (Å²) in [6, 6.07) is 11.2. The fraction of sp³-hybridized carbons (Fsp3) is 0.409. The van der Waals surface area contributed by atoms with E-state index < -0.39 is 0 Å². The number of nitrogens with zero attached hydrogens (tertiary/aromatic N) is 1. The molecule has 1 aliphatic heterocycles. The summed E-state index contributed by atoms with van der Waals surface area (Å²) in [5.74, 6) is 1.44. The van der Waals surface area contributed by atoms with Gasteiger partial charge in [0.05, 0.1) is 32.4 Å². The number of carbonyl (C=O) groups excluding carboxylic acids is 1. The average molecular weight is 419 g/mol. The zero-order valence-electron chi connectivity index (χ0n) is 17.0. The molecule has 1 N–H and O–H groups in total. The van der Waals surface area contributed by atoms with Crippen molar-refractivity contribution in [3.8, 4) is 17.2 Å². The molecule has 1 aliphatic rings. The van der Waals surface area contributed by atoms with Crippen LogP contribution in [0.4, 0.5) is 0 Å². The lowest BCUT2D eigenvalue weighted by Gasteiger charge is -2.29. The Morgan fingerprint density at radius 3 is 2.41 bits per heavy atom. The van der Waals surface area contributed by atoms with E-state index in [-0.39, 0.29) is 11.9 Å². The Labute approximate surface area is 176 Å². The molecule has 0 aromatic heterocycles. The molecule has 0 spiro atoms. The molecule has 7 heteroatoms. The van der Waals surface area contributed by atoms with E-state index >= 15 is 0 Å². The van der Waals surface area contributed by atoms with Gasteiger partial charge in [0.15, 0.2) is 11.5 Å². The van der Waals surface area contributed by atoms with Gasteiger partial charge in [0.1, 0.15) is 5.75 Å². The molecule has 29 heavy (non-hydrogen) atoms. The van der Waals surface area contributed by atoms with Gasteiger partial charge in [-0.1, -0.05) is 29.8 Å². The van der Waals surface area contributed by atoms with E-state index in [1.54, 1.807) is 19.2 Å². The van der Waals surface area contributed by atoms with Crippen LogP contribution in [0.1, 0.15) is 34.8 Å². The van der Waals surface area contributed by atoms with Crippen molar-refractivity contribution in [3.05, 3.63) is 52.5 Å². The van der Waals surface area contributed by atoms with Crippen LogP contribution < -0.4 is 19.5 Å². The topological polar surface area (TPSA) is 60.0 Å². The molecule has 0 bridgehead atoms. The third-order valence-electron chi connectivity index (χ3n) is 5.23. The smallest absolute Gasteiger partial charge is 0.251 e. The molecule has 2 aromatic rings. The number of carbonyl (C=O) groups is 1. The van der Waals surface area contributed by atoms with Crippen molar-refractivity contribution in [2.75, 3.05) is 41.0 Å². The number of halogens is 1. The van der Waals surface area contributed by atoms with Gasteiger partial charge in [0, 0.05) is 17.7 Å². The van der Waals surface area contributed by atoms with Crippen molar-refractivity contribution in [2.45, 2.75) is 18.9 Å². The number of hydrogen-bond donors (Lipinski definition) is 1. The second kappa shape index (κ2) is 9.85. The maximum absolute atomic E-state index is 12.9. The Morgan fingerprint density at radius 1 is 1.07 bits per heavy atom. The van der Waals surface area contributed by atoms with Crippen LogP contribution in [0.3, 0.4) is 0 Å². The summed E-state index contributed by atoms with van der Waals surface area (Å²) < 4.78 is 16.1. The van der Waals surface area contributed by atoms with Crippen LogP contribution in [-0.4, -0.2) is 51.8 Å². The molecule has 0 saturated carbocycles. The van der Waals surface area contributed by atoms with Gasteiger partial charge in [-0.25, -0.2) is 0 Å². The molecule has 1 heterocycles. The number of likely N-dealkylation sites (tertiary alicyclic amines) is 1. The molecular formula is C22H27ClN2O4.